The summed E-state index contributed by atoms with van der Waals surface area (Å²) in [6, 6.07) is 2.50. The number of hydrogen-bond acceptors (Lipinski definition) is 5. The number of nitrogens with zero attached hydrogens (tertiary/aromatic N) is 4. The molecule has 0 amide bonds. The maximum absolute atomic E-state index is 8.92. The van der Waals surface area contributed by atoms with Crippen molar-refractivity contribution in [2.45, 2.75) is 13.0 Å². The van der Waals surface area contributed by atoms with Gasteiger partial charge in [0.2, 0.25) is 0 Å². The highest BCUT2D eigenvalue weighted by atomic mass is 35.5. The van der Waals surface area contributed by atoms with Crippen LogP contribution in [0, 0.1) is 11.3 Å². The minimum Gasteiger partial charge on any atom is -0.351 e. The zero-order valence-electron chi connectivity index (χ0n) is 9.05. The van der Waals surface area contributed by atoms with E-state index in [1.807, 2.05) is 0 Å². The van der Waals surface area contributed by atoms with Crippen LogP contribution in [0.1, 0.15) is 12.6 Å². The average Bonchev–Trinajstić information content (AvgIpc) is 2.29. The van der Waals surface area contributed by atoms with Gasteiger partial charge in [0, 0.05) is 38.1 Å². The van der Waals surface area contributed by atoms with Gasteiger partial charge in [-0.2, -0.15) is 5.26 Å². The van der Waals surface area contributed by atoms with E-state index in [0.29, 0.717) is 17.6 Å². The van der Waals surface area contributed by atoms with Crippen LogP contribution in [0.3, 0.4) is 0 Å². The smallest absolute Gasteiger partial charge is 0.183 e. The Balaban J connectivity index is 0.00000128. The molecule has 6 heteroatoms. The molecular formula is C10H14ClN5. The van der Waals surface area contributed by atoms with E-state index in [9.17, 15) is 0 Å². The number of hydrogen-bond donors (Lipinski definition) is 1. The lowest BCUT2D eigenvalue weighted by atomic mass is 10.2. The number of rotatable bonds is 1. The molecule has 1 aromatic rings. The molecule has 0 bridgehead atoms. The summed E-state index contributed by atoms with van der Waals surface area (Å²) in [6.45, 7) is 4.78. The van der Waals surface area contributed by atoms with Gasteiger partial charge in [-0.1, -0.05) is 0 Å². The number of nitriles is 1. The molecule has 0 radical (unpaired) electrons. The molecule has 0 spiro atoms. The Morgan fingerprint density at radius 1 is 1.50 bits per heavy atom. The van der Waals surface area contributed by atoms with E-state index in [1.165, 1.54) is 0 Å². The molecule has 5 nitrogen and oxygen atoms in total. The van der Waals surface area contributed by atoms with E-state index in [-0.39, 0.29) is 12.4 Å². The van der Waals surface area contributed by atoms with Gasteiger partial charge in [-0.05, 0) is 6.92 Å². The zero-order chi connectivity index (χ0) is 10.7. The fraction of sp³-hybridized carbons (Fsp3) is 0.500. The van der Waals surface area contributed by atoms with Crippen molar-refractivity contribution >= 4 is 18.2 Å². The van der Waals surface area contributed by atoms with Gasteiger partial charge in [0.1, 0.15) is 6.07 Å². The van der Waals surface area contributed by atoms with Crippen LogP contribution in [0.2, 0.25) is 0 Å². The van der Waals surface area contributed by atoms with Gasteiger partial charge in [0.25, 0.3) is 0 Å². The van der Waals surface area contributed by atoms with Crippen LogP contribution in [0.15, 0.2) is 12.4 Å². The maximum atomic E-state index is 8.92. The van der Waals surface area contributed by atoms with Crippen molar-refractivity contribution in [3.63, 3.8) is 0 Å². The second-order valence-corrected chi connectivity index (χ2v) is 3.64. The maximum Gasteiger partial charge on any atom is 0.183 e. The first-order valence-corrected chi connectivity index (χ1v) is 5.00. The van der Waals surface area contributed by atoms with E-state index in [1.54, 1.807) is 12.4 Å². The predicted molar refractivity (Wildman–Crippen MR) is 63.7 cm³/mol. The van der Waals surface area contributed by atoms with Gasteiger partial charge < -0.3 is 10.2 Å². The highest BCUT2D eigenvalue weighted by Crippen LogP contribution is 2.15. The Morgan fingerprint density at radius 3 is 2.94 bits per heavy atom. The summed E-state index contributed by atoms with van der Waals surface area (Å²) in [5.41, 5.74) is 0.409. The van der Waals surface area contributed by atoms with E-state index < -0.39 is 0 Å². The van der Waals surface area contributed by atoms with Crippen molar-refractivity contribution in [2.24, 2.45) is 0 Å². The molecular weight excluding hydrogens is 226 g/mol. The fourth-order valence-electron chi connectivity index (χ4n) is 1.77. The topological polar surface area (TPSA) is 64.8 Å². The highest BCUT2D eigenvalue weighted by molar-refractivity contribution is 5.85. The third kappa shape index (κ3) is 2.60. The van der Waals surface area contributed by atoms with Crippen molar-refractivity contribution in [2.75, 3.05) is 24.5 Å². The largest absolute Gasteiger partial charge is 0.351 e. The van der Waals surface area contributed by atoms with Gasteiger partial charge in [-0.15, -0.1) is 12.4 Å². The van der Waals surface area contributed by atoms with Crippen molar-refractivity contribution in [3.8, 4) is 6.07 Å². The minimum absolute atomic E-state index is 0. The summed E-state index contributed by atoms with van der Waals surface area (Å²) in [6.07, 6.45) is 3.18. The van der Waals surface area contributed by atoms with Crippen LogP contribution in [-0.4, -0.2) is 35.6 Å². The quantitative estimate of drug-likeness (QED) is 0.776. The van der Waals surface area contributed by atoms with Crippen LogP contribution in [0.5, 0.6) is 0 Å². The molecule has 1 N–H and O–H groups in total. The SMILES string of the molecule is CC1CN(c2nccnc2C#N)CCN1.Cl. The third-order valence-corrected chi connectivity index (χ3v) is 2.45. The van der Waals surface area contributed by atoms with Crippen LogP contribution in [-0.2, 0) is 0 Å². The molecule has 1 fully saturated rings. The molecule has 1 aromatic heterocycles. The minimum atomic E-state index is 0. The molecule has 0 saturated carbocycles. The van der Waals surface area contributed by atoms with E-state index >= 15 is 0 Å². The summed E-state index contributed by atoms with van der Waals surface area (Å²) in [7, 11) is 0. The lowest BCUT2D eigenvalue weighted by Crippen LogP contribution is -2.49. The van der Waals surface area contributed by atoms with Gasteiger partial charge in [0.15, 0.2) is 11.5 Å². The molecule has 16 heavy (non-hydrogen) atoms. The second-order valence-electron chi connectivity index (χ2n) is 3.64. The molecule has 0 aliphatic carbocycles. The Kier molecular flexibility index (Phi) is 4.47. The monoisotopic (exact) mass is 239 g/mol. The number of anilines is 1. The highest BCUT2D eigenvalue weighted by Gasteiger charge is 2.19. The Labute approximate surface area is 101 Å². The Morgan fingerprint density at radius 2 is 2.25 bits per heavy atom. The first-order chi connectivity index (χ1) is 7.31. The summed E-state index contributed by atoms with van der Waals surface area (Å²) in [5.74, 6) is 0.702. The van der Waals surface area contributed by atoms with Crippen molar-refractivity contribution in [1.29, 1.82) is 5.26 Å². The molecule has 1 atom stereocenters. The van der Waals surface area contributed by atoms with E-state index in [2.05, 4.69) is 33.2 Å². The zero-order valence-corrected chi connectivity index (χ0v) is 9.87. The van der Waals surface area contributed by atoms with Crippen molar-refractivity contribution in [3.05, 3.63) is 18.1 Å². The normalized spacial score (nSPS) is 19.8. The van der Waals surface area contributed by atoms with Crippen LogP contribution in [0.4, 0.5) is 5.82 Å². The fourth-order valence-corrected chi connectivity index (χ4v) is 1.77. The Hall–Kier alpha value is -1.38. The number of aromatic nitrogens is 2. The van der Waals surface area contributed by atoms with Gasteiger partial charge in [0.05, 0.1) is 0 Å². The average molecular weight is 240 g/mol. The van der Waals surface area contributed by atoms with E-state index in [0.717, 1.165) is 19.6 Å². The standard InChI is InChI=1S/C10H13N5.ClH/c1-8-7-15(5-4-12-8)10-9(6-11)13-2-3-14-10;/h2-3,8,12H,4-5,7H2,1H3;1H. The van der Waals surface area contributed by atoms with Gasteiger partial charge in [-0.3, -0.25) is 0 Å². The van der Waals surface area contributed by atoms with Crippen LogP contribution in [0.25, 0.3) is 0 Å². The van der Waals surface area contributed by atoms with Crippen LogP contribution >= 0.6 is 12.4 Å². The van der Waals surface area contributed by atoms with Crippen molar-refractivity contribution in [1.82, 2.24) is 15.3 Å². The van der Waals surface area contributed by atoms with E-state index in [4.69, 9.17) is 5.26 Å². The van der Waals surface area contributed by atoms with Crippen molar-refractivity contribution < 1.29 is 0 Å². The number of halogens is 1. The Bertz CT molecular complexity index is 389. The third-order valence-electron chi connectivity index (χ3n) is 2.45. The number of piperazine rings is 1. The van der Waals surface area contributed by atoms with Gasteiger partial charge in [-0.25, -0.2) is 9.97 Å². The van der Waals surface area contributed by atoms with Crippen LogP contribution < -0.4 is 10.2 Å². The molecule has 1 aliphatic heterocycles. The predicted octanol–water partition coefficient (Wildman–Crippen LogP) is 0.568. The summed E-state index contributed by atoms with van der Waals surface area (Å²) < 4.78 is 0. The molecule has 86 valence electrons. The molecule has 2 heterocycles. The first kappa shape index (κ1) is 12.7. The molecule has 2 rings (SSSR count). The summed E-state index contributed by atoms with van der Waals surface area (Å²) >= 11 is 0. The lowest BCUT2D eigenvalue weighted by Gasteiger charge is -2.32. The second kappa shape index (κ2) is 5.64. The molecule has 1 saturated heterocycles. The molecule has 1 unspecified atom stereocenters. The molecule has 0 aromatic carbocycles. The first-order valence-electron chi connectivity index (χ1n) is 5.00. The lowest BCUT2D eigenvalue weighted by molar-refractivity contribution is 0.481. The molecule has 1 aliphatic rings. The summed E-state index contributed by atoms with van der Waals surface area (Å²) in [5, 5.41) is 12.3. The number of nitrogens with one attached hydrogen (secondary N) is 1. The summed E-state index contributed by atoms with van der Waals surface area (Å²) in [4.78, 5) is 10.3. The van der Waals surface area contributed by atoms with Gasteiger partial charge >= 0.3 is 0 Å².